The van der Waals surface area contributed by atoms with Gasteiger partial charge in [-0.25, -0.2) is 0 Å². The monoisotopic (exact) mass is 365 g/mol. The lowest BCUT2D eigenvalue weighted by Gasteiger charge is -2.25. The molecule has 0 fully saturated rings. The zero-order valence-electron chi connectivity index (χ0n) is 15.2. The number of nitrogen functional groups attached to an aromatic ring is 1. The largest absolute Gasteiger partial charge is 0.384 e. The highest BCUT2D eigenvalue weighted by Gasteiger charge is 2.21. The Morgan fingerprint density at radius 1 is 1.15 bits per heavy atom. The van der Waals surface area contributed by atoms with E-state index in [2.05, 4.69) is 5.32 Å². The second-order valence-electron chi connectivity index (χ2n) is 6.81. The number of rotatable bonds is 6. The van der Waals surface area contributed by atoms with Gasteiger partial charge in [0.25, 0.3) is 5.91 Å². The van der Waals surface area contributed by atoms with Gasteiger partial charge in [-0.15, -0.1) is 0 Å². The number of carbonyl (C=O) groups is 2. The van der Waals surface area contributed by atoms with Crippen LogP contribution in [-0.4, -0.2) is 30.2 Å². The zero-order chi connectivity index (χ0) is 19.4. The van der Waals surface area contributed by atoms with E-state index in [9.17, 15) is 9.59 Å². The Morgan fingerprint density at radius 3 is 2.52 bits per heavy atom. The third kappa shape index (κ3) is 4.80. The molecule has 0 saturated carbocycles. The Labute approximate surface area is 158 Å². The average Bonchev–Trinajstić information content (AvgIpc) is 2.66. The van der Waals surface area contributed by atoms with E-state index < -0.39 is 0 Å². The standard InChI is InChI=1S/C21H23N3O3/c1-13(25)12-27-19-9-6-15-10-17(3-2-16(15)11-19)21(26)24-18-7-4-14(5-8-18)20(22)23/h2-5,7-8,10,19H,6,9,11-12H2,1H3,(H3,22,23)(H,24,26). The van der Waals surface area contributed by atoms with E-state index in [0.29, 0.717) is 16.8 Å². The van der Waals surface area contributed by atoms with Crippen LogP contribution >= 0.6 is 0 Å². The Kier molecular flexibility index (Phi) is 5.66. The summed E-state index contributed by atoms with van der Waals surface area (Å²) >= 11 is 0. The molecule has 140 valence electrons. The first-order valence-electron chi connectivity index (χ1n) is 8.91. The normalized spacial score (nSPS) is 15.7. The highest BCUT2D eigenvalue weighted by Crippen LogP contribution is 2.25. The lowest BCUT2D eigenvalue weighted by atomic mass is 9.88. The van der Waals surface area contributed by atoms with Crippen molar-refractivity contribution in [3.8, 4) is 0 Å². The predicted molar refractivity (Wildman–Crippen MR) is 104 cm³/mol. The number of nitrogens with one attached hydrogen (secondary N) is 2. The van der Waals surface area contributed by atoms with Crippen LogP contribution in [0.3, 0.4) is 0 Å². The van der Waals surface area contributed by atoms with Gasteiger partial charge in [-0.2, -0.15) is 0 Å². The lowest BCUT2D eigenvalue weighted by Crippen LogP contribution is -2.25. The highest BCUT2D eigenvalue weighted by atomic mass is 16.5. The number of benzene rings is 2. The molecule has 1 atom stereocenters. The summed E-state index contributed by atoms with van der Waals surface area (Å²) in [6.07, 6.45) is 2.49. The minimum absolute atomic E-state index is 0.00634. The quantitative estimate of drug-likeness (QED) is 0.540. The fraction of sp³-hybridized carbons (Fsp3) is 0.286. The van der Waals surface area contributed by atoms with Gasteiger partial charge in [-0.3, -0.25) is 15.0 Å². The number of carbonyl (C=O) groups excluding carboxylic acids is 2. The van der Waals surface area contributed by atoms with Crippen molar-refractivity contribution in [2.45, 2.75) is 32.3 Å². The van der Waals surface area contributed by atoms with E-state index in [1.165, 1.54) is 6.92 Å². The number of hydrogen-bond acceptors (Lipinski definition) is 4. The summed E-state index contributed by atoms with van der Waals surface area (Å²) in [4.78, 5) is 23.6. The molecule has 6 nitrogen and oxygen atoms in total. The van der Waals surface area contributed by atoms with Gasteiger partial charge in [0, 0.05) is 16.8 Å². The fourth-order valence-corrected chi connectivity index (χ4v) is 3.18. The van der Waals surface area contributed by atoms with Gasteiger partial charge in [-0.1, -0.05) is 6.07 Å². The number of anilines is 1. The van der Waals surface area contributed by atoms with Crippen molar-refractivity contribution >= 4 is 23.2 Å². The molecular weight excluding hydrogens is 342 g/mol. The maximum absolute atomic E-state index is 12.5. The molecular formula is C21H23N3O3. The number of hydrogen-bond donors (Lipinski definition) is 3. The lowest BCUT2D eigenvalue weighted by molar-refractivity contribution is -0.123. The summed E-state index contributed by atoms with van der Waals surface area (Å²) in [6, 6.07) is 12.6. The van der Waals surface area contributed by atoms with Crippen LogP contribution in [0.15, 0.2) is 42.5 Å². The number of amidine groups is 1. The van der Waals surface area contributed by atoms with E-state index in [0.717, 1.165) is 30.4 Å². The van der Waals surface area contributed by atoms with Crippen LogP contribution in [0.5, 0.6) is 0 Å². The van der Waals surface area contributed by atoms with Gasteiger partial charge >= 0.3 is 0 Å². The molecule has 1 amide bonds. The molecule has 0 spiro atoms. The van der Waals surface area contributed by atoms with Crippen LogP contribution in [0.2, 0.25) is 0 Å². The molecule has 4 N–H and O–H groups in total. The molecule has 0 aliphatic heterocycles. The molecule has 0 radical (unpaired) electrons. The van der Waals surface area contributed by atoms with Crippen molar-refractivity contribution in [2.24, 2.45) is 5.73 Å². The Bertz CT molecular complexity index is 875. The van der Waals surface area contributed by atoms with Crippen LogP contribution in [0.4, 0.5) is 5.69 Å². The molecule has 1 aliphatic rings. The van der Waals surface area contributed by atoms with Crippen LogP contribution in [0, 0.1) is 5.41 Å². The van der Waals surface area contributed by atoms with Gasteiger partial charge in [-0.05, 0) is 73.7 Å². The Hall–Kier alpha value is -2.99. The van der Waals surface area contributed by atoms with E-state index in [1.807, 2.05) is 18.2 Å². The first-order valence-corrected chi connectivity index (χ1v) is 8.91. The molecule has 1 aliphatic carbocycles. The number of Topliss-reactive ketones (excluding diaryl/α,β-unsaturated/α-hetero) is 1. The van der Waals surface area contributed by atoms with Gasteiger partial charge in [0.2, 0.25) is 0 Å². The number of ketones is 1. The zero-order valence-corrected chi connectivity index (χ0v) is 15.2. The molecule has 0 aromatic heterocycles. The molecule has 0 bridgehead atoms. The fourth-order valence-electron chi connectivity index (χ4n) is 3.18. The summed E-state index contributed by atoms with van der Waals surface area (Å²) in [5.41, 5.74) is 9.62. The topological polar surface area (TPSA) is 105 Å². The molecule has 2 aromatic rings. The van der Waals surface area contributed by atoms with Gasteiger partial charge < -0.3 is 15.8 Å². The Morgan fingerprint density at radius 2 is 1.85 bits per heavy atom. The van der Waals surface area contributed by atoms with Crippen molar-refractivity contribution in [1.82, 2.24) is 0 Å². The first kappa shape index (κ1) is 18.8. The molecule has 3 rings (SSSR count). The van der Waals surface area contributed by atoms with Crippen LogP contribution in [-0.2, 0) is 22.4 Å². The number of nitrogens with two attached hydrogens (primary N) is 1. The summed E-state index contributed by atoms with van der Waals surface area (Å²) in [6.45, 7) is 1.68. The van der Waals surface area contributed by atoms with E-state index in [1.54, 1.807) is 24.3 Å². The summed E-state index contributed by atoms with van der Waals surface area (Å²) in [7, 11) is 0. The van der Waals surface area contributed by atoms with Gasteiger partial charge in [0.1, 0.15) is 12.4 Å². The van der Waals surface area contributed by atoms with E-state index in [4.69, 9.17) is 15.9 Å². The third-order valence-electron chi connectivity index (χ3n) is 4.63. The smallest absolute Gasteiger partial charge is 0.255 e. The number of aryl methyl sites for hydroxylation is 1. The minimum Gasteiger partial charge on any atom is -0.384 e. The maximum atomic E-state index is 12.5. The molecule has 2 aromatic carbocycles. The molecule has 1 unspecified atom stereocenters. The van der Waals surface area contributed by atoms with Crippen molar-refractivity contribution in [3.63, 3.8) is 0 Å². The summed E-state index contributed by atoms with van der Waals surface area (Å²) < 4.78 is 5.63. The van der Waals surface area contributed by atoms with Crippen LogP contribution in [0.1, 0.15) is 40.4 Å². The second-order valence-corrected chi connectivity index (χ2v) is 6.81. The predicted octanol–water partition coefficient (Wildman–Crippen LogP) is 2.69. The summed E-state index contributed by atoms with van der Waals surface area (Å²) in [5.74, 6) is -0.152. The number of amides is 1. The molecule has 6 heteroatoms. The second kappa shape index (κ2) is 8.14. The van der Waals surface area contributed by atoms with Crippen LogP contribution < -0.4 is 11.1 Å². The minimum atomic E-state index is -0.177. The van der Waals surface area contributed by atoms with Gasteiger partial charge in [0.05, 0.1) is 6.10 Å². The molecule has 0 heterocycles. The molecule has 0 saturated heterocycles. The Balaban J connectivity index is 1.65. The van der Waals surface area contributed by atoms with Crippen molar-refractivity contribution in [3.05, 3.63) is 64.7 Å². The molecule has 27 heavy (non-hydrogen) atoms. The van der Waals surface area contributed by atoms with Crippen molar-refractivity contribution in [1.29, 1.82) is 5.41 Å². The number of ether oxygens (including phenoxy) is 1. The van der Waals surface area contributed by atoms with Crippen molar-refractivity contribution < 1.29 is 14.3 Å². The SMILES string of the molecule is CC(=O)COC1CCc2cc(C(=O)Nc3ccc(C(=N)N)cc3)ccc2C1. The van der Waals surface area contributed by atoms with Crippen molar-refractivity contribution in [2.75, 3.05) is 11.9 Å². The highest BCUT2D eigenvalue weighted by molar-refractivity contribution is 6.04. The van der Waals surface area contributed by atoms with Crippen LogP contribution in [0.25, 0.3) is 0 Å². The number of fused-ring (bicyclic) bond motifs is 1. The van der Waals surface area contributed by atoms with E-state index >= 15 is 0 Å². The average molecular weight is 365 g/mol. The van der Waals surface area contributed by atoms with Gasteiger partial charge in [0.15, 0.2) is 5.78 Å². The first-order chi connectivity index (χ1) is 12.9. The van der Waals surface area contributed by atoms with E-state index in [-0.39, 0.29) is 30.2 Å². The summed E-state index contributed by atoms with van der Waals surface area (Å²) in [5, 5.41) is 10.3. The third-order valence-corrected chi connectivity index (χ3v) is 4.63. The maximum Gasteiger partial charge on any atom is 0.255 e.